The van der Waals surface area contributed by atoms with Crippen molar-refractivity contribution in [1.29, 1.82) is 0 Å². The lowest BCUT2D eigenvalue weighted by Gasteiger charge is -2.30. The molecular formula is C16H19N5O2S. The van der Waals surface area contributed by atoms with Gasteiger partial charge in [0.1, 0.15) is 0 Å². The molecule has 0 bridgehead atoms. The molecule has 0 spiro atoms. The minimum absolute atomic E-state index is 0.00130. The van der Waals surface area contributed by atoms with Crippen LogP contribution in [0, 0.1) is 5.92 Å². The van der Waals surface area contributed by atoms with Gasteiger partial charge >= 0.3 is 0 Å². The van der Waals surface area contributed by atoms with Crippen LogP contribution in [0.3, 0.4) is 0 Å². The Morgan fingerprint density at radius 2 is 2.12 bits per heavy atom. The van der Waals surface area contributed by atoms with Gasteiger partial charge < -0.3 is 11.1 Å². The number of hydrogen-bond acceptors (Lipinski definition) is 6. The van der Waals surface area contributed by atoms with Gasteiger partial charge in [-0.15, -0.1) is 0 Å². The van der Waals surface area contributed by atoms with Crippen molar-refractivity contribution in [3.8, 4) is 0 Å². The van der Waals surface area contributed by atoms with Crippen LogP contribution in [0.4, 0.5) is 5.69 Å². The lowest BCUT2D eigenvalue weighted by molar-refractivity contribution is -0.123. The van der Waals surface area contributed by atoms with E-state index in [4.69, 9.17) is 5.73 Å². The molecule has 0 saturated carbocycles. The lowest BCUT2D eigenvalue weighted by Crippen LogP contribution is -2.38. The topological polar surface area (TPSA) is 101 Å². The molecule has 2 amide bonds. The molecule has 2 aromatic rings. The number of anilines is 1. The Hall–Kier alpha value is -2.32. The van der Waals surface area contributed by atoms with Crippen molar-refractivity contribution in [3.63, 3.8) is 0 Å². The second-order valence-electron chi connectivity index (χ2n) is 5.90. The van der Waals surface area contributed by atoms with E-state index in [1.165, 1.54) is 6.20 Å². The predicted octanol–water partition coefficient (Wildman–Crippen LogP) is 1.49. The van der Waals surface area contributed by atoms with Crippen LogP contribution >= 0.6 is 11.7 Å². The van der Waals surface area contributed by atoms with Crippen LogP contribution in [-0.2, 0) is 11.3 Å². The van der Waals surface area contributed by atoms with Gasteiger partial charge in [-0.3, -0.25) is 14.5 Å². The van der Waals surface area contributed by atoms with Gasteiger partial charge in [-0.05, 0) is 43.6 Å². The first kappa shape index (κ1) is 16.5. The summed E-state index contributed by atoms with van der Waals surface area (Å²) in [7, 11) is 0. The van der Waals surface area contributed by atoms with Crippen molar-refractivity contribution in [3.05, 3.63) is 41.7 Å². The maximum atomic E-state index is 12.0. The Morgan fingerprint density at radius 1 is 1.33 bits per heavy atom. The summed E-state index contributed by atoms with van der Waals surface area (Å²) in [6.07, 6.45) is 3.07. The smallest absolute Gasteiger partial charge is 0.277 e. The first-order chi connectivity index (χ1) is 11.6. The quantitative estimate of drug-likeness (QED) is 0.855. The van der Waals surface area contributed by atoms with E-state index in [0.717, 1.165) is 55.5 Å². The number of carbonyl (C=O) groups is 2. The largest absolute Gasteiger partial charge is 0.369 e. The first-order valence-electron chi connectivity index (χ1n) is 7.81. The standard InChI is InChI=1S/C16H19N5O2S/c17-15(22)12-4-6-21(7-5-12)10-11-2-1-3-13(8-11)19-16(23)14-9-18-24-20-14/h1-3,8-9,12H,4-7,10H2,(H2,17,22)(H,19,23). The van der Waals surface area contributed by atoms with E-state index < -0.39 is 0 Å². The van der Waals surface area contributed by atoms with Gasteiger partial charge in [0.05, 0.1) is 17.9 Å². The monoisotopic (exact) mass is 345 g/mol. The Bertz CT molecular complexity index is 711. The molecule has 126 valence electrons. The molecule has 8 heteroatoms. The van der Waals surface area contributed by atoms with Crippen molar-refractivity contribution < 1.29 is 9.59 Å². The van der Waals surface area contributed by atoms with Gasteiger partial charge in [-0.1, -0.05) is 12.1 Å². The highest BCUT2D eigenvalue weighted by molar-refractivity contribution is 6.99. The van der Waals surface area contributed by atoms with E-state index >= 15 is 0 Å². The maximum Gasteiger partial charge on any atom is 0.277 e. The van der Waals surface area contributed by atoms with Crippen molar-refractivity contribution in [2.75, 3.05) is 18.4 Å². The molecule has 1 aromatic heterocycles. The number of hydrogen-bond donors (Lipinski definition) is 2. The number of nitrogens with one attached hydrogen (secondary N) is 1. The molecule has 7 nitrogen and oxygen atoms in total. The van der Waals surface area contributed by atoms with Gasteiger partial charge in [0.25, 0.3) is 5.91 Å². The van der Waals surface area contributed by atoms with Crippen LogP contribution < -0.4 is 11.1 Å². The number of nitrogens with two attached hydrogens (primary N) is 1. The molecule has 0 unspecified atom stereocenters. The molecule has 2 heterocycles. The summed E-state index contributed by atoms with van der Waals surface area (Å²) in [4.78, 5) is 25.5. The van der Waals surface area contributed by atoms with Gasteiger partial charge in [-0.2, -0.15) is 8.75 Å². The highest BCUT2D eigenvalue weighted by Gasteiger charge is 2.23. The summed E-state index contributed by atoms with van der Waals surface area (Å²) in [6.45, 7) is 2.50. The van der Waals surface area contributed by atoms with Gasteiger partial charge in [0.15, 0.2) is 5.69 Å². The third kappa shape index (κ3) is 4.15. The number of aromatic nitrogens is 2. The molecule has 3 N–H and O–H groups in total. The van der Waals surface area contributed by atoms with E-state index in [1.54, 1.807) is 0 Å². The summed E-state index contributed by atoms with van der Waals surface area (Å²) in [5, 5.41) is 2.83. The Kier molecular flexibility index (Phi) is 5.17. The maximum absolute atomic E-state index is 12.0. The SMILES string of the molecule is NC(=O)C1CCN(Cc2cccc(NC(=O)c3cnsn3)c2)CC1. The molecule has 1 fully saturated rings. The van der Waals surface area contributed by atoms with Gasteiger partial charge in [-0.25, -0.2) is 0 Å². The second-order valence-corrected chi connectivity index (χ2v) is 6.46. The summed E-state index contributed by atoms with van der Waals surface area (Å²) in [5.74, 6) is -0.461. The summed E-state index contributed by atoms with van der Waals surface area (Å²) < 4.78 is 7.75. The van der Waals surface area contributed by atoms with E-state index in [-0.39, 0.29) is 17.7 Å². The van der Waals surface area contributed by atoms with Gasteiger partial charge in [0, 0.05) is 18.2 Å². The first-order valence-corrected chi connectivity index (χ1v) is 8.54. The number of amides is 2. The normalized spacial score (nSPS) is 16.0. The van der Waals surface area contributed by atoms with Crippen molar-refractivity contribution in [2.24, 2.45) is 11.7 Å². The van der Waals surface area contributed by atoms with E-state index in [1.807, 2.05) is 24.3 Å². The lowest BCUT2D eigenvalue weighted by atomic mass is 9.96. The molecule has 1 aromatic carbocycles. The van der Waals surface area contributed by atoms with Crippen LogP contribution in [0.2, 0.25) is 0 Å². The van der Waals surface area contributed by atoms with Crippen LogP contribution in [-0.4, -0.2) is 38.6 Å². The number of piperidine rings is 1. The number of likely N-dealkylation sites (tertiary alicyclic amines) is 1. The minimum atomic E-state index is -0.261. The number of nitrogens with zero attached hydrogens (tertiary/aromatic N) is 3. The number of benzene rings is 1. The molecular weight excluding hydrogens is 326 g/mol. The van der Waals surface area contributed by atoms with Crippen molar-refractivity contribution in [2.45, 2.75) is 19.4 Å². The van der Waals surface area contributed by atoms with Crippen LogP contribution in [0.15, 0.2) is 30.5 Å². The third-order valence-electron chi connectivity index (χ3n) is 4.17. The molecule has 0 aliphatic carbocycles. The molecule has 0 radical (unpaired) electrons. The Labute approximate surface area is 144 Å². The van der Waals surface area contributed by atoms with E-state index in [9.17, 15) is 9.59 Å². The van der Waals surface area contributed by atoms with Crippen molar-refractivity contribution in [1.82, 2.24) is 13.6 Å². The molecule has 1 aliphatic rings. The highest BCUT2D eigenvalue weighted by Crippen LogP contribution is 2.20. The summed E-state index contributed by atoms with van der Waals surface area (Å²) >= 11 is 1.01. The number of primary amides is 1. The van der Waals surface area contributed by atoms with E-state index in [2.05, 4.69) is 19.0 Å². The number of carbonyl (C=O) groups excluding carboxylic acids is 2. The second kappa shape index (κ2) is 7.50. The zero-order valence-corrected chi connectivity index (χ0v) is 14.0. The fourth-order valence-corrected chi connectivity index (χ4v) is 3.25. The zero-order valence-electron chi connectivity index (χ0n) is 13.1. The Balaban J connectivity index is 1.58. The minimum Gasteiger partial charge on any atom is -0.369 e. The van der Waals surface area contributed by atoms with Crippen LogP contribution in [0.25, 0.3) is 0 Å². The average Bonchev–Trinajstić information content (AvgIpc) is 3.10. The summed E-state index contributed by atoms with van der Waals surface area (Å²) in [5.41, 5.74) is 7.53. The molecule has 1 saturated heterocycles. The molecule has 3 rings (SSSR count). The number of rotatable bonds is 5. The van der Waals surface area contributed by atoms with Crippen LogP contribution in [0.5, 0.6) is 0 Å². The van der Waals surface area contributed by atoms with Crippen LogP contribution in [0.1, 0.15) is 28.9 Å². The average molecular weight is 345 g/mol. The molecule has 1 aliphatic heterocycles. The van der Waals surface area contributed by atoms with Crippen molar-refractivity contribution >= 4 is 29.2 Å². The highest BCUT2D eigenvalue weighted by atomic mass is 32.1. The predicted molar refractivity (Wildman–Crippen MR) is 91.5 cm³/mol. The molecule has 24 heavy (non-hydrogen) atoms. The van der Waals surface area contributed by atoms with Gasteiger partial charge in [0.2, 0.25) is 5.91 Å². The third-order valence-corrected chi connectivity index (χ3v) is 4.65. The van der Waals surface area contributed by atoms with E-state index in [0.29, 0.717) is 5.69 Å². The fourth-order valence-electron chi connectivity index (χ4n) is 2.84. The summed E-state index contributed by atoms with van der Waals surface area (Å²) in [6, 6.07) is 7.75. The fraction of sp³-hybridized carbons (Fsp3) is 0.375. The zero-order chi connectivity index (χ0) is 16.9. The Morgan fingerprint density at radius 3 is 2.79 bits per heavy atom. The molecule has 0 atom stereocenters.